The summed E-state index contributed by atoms with van der Waals surface area (Å²) in [7, 11) is 0. The second kappa shape index (κ2) is 7.59. The number of rotatable bonds is 7. The molecule has 0 radical (unpaired) electrons. The van der Waals surface area contributed by atoms with E-state index >= 15 is 0 Å². The third-order valence-corrected chi connectivity index (χ3v) is 3.82. The molecule has 2 aromatic rings. The molecule has 0 aliphatic carbocycles. The first-order valence-corrected chi connectivity index (χ1v) is 8.20. The fourth-order valence-corrected chi connectivity index (χ4v) is 2.78. The van der Waals surface area contributed by atoms with Crippen molar-refractivity contribution in [2.75, 3.05) is 0 Å². The zero-order valence-electron chi connectivity index (χ0n) is 14.4. The minimum Gasteiger partial charge on any atom is -0.360 e. The molecule has 0 saturated heterocycles. The summed E-state index contributed by atoms with van der Waals surface area (Å²) in [6, 6.07) is 11.3. The average molecular weight is 300 g/mol. The molecule has 0 aliphatic heterocycles. The van der Waals surface area contributed by atoms with Gasteiger partial charge in [-0.2, -0.15) is 0 Å². The molecule has 0 fully saturated rings. The summed E-state index contributed by atoms with van der Waals surface area (Å²) >= 11 is 0. The molecule has 0 bridgehead atoms. The van der Waals surface area contributed by atoms with Crippen molar-refractivity contribution in [2.24, 2.45) is 11.8 Å². The van der Waals surface area contributed by atoms with Crippen LogP contribution >= 0.6 is 0 Å². The van der Waals surface area contributed by atoms with Gasteiger partial charge in [-0.15, -0.1) is 0 Å². The number of aryl methyl sites for hydroxylation is 1. The maximum Gasteiger partial charge on any atom is 0.150 e. The average Bonchev–Trinajstić information content (AvgIpc) is 2.85. The zero-order chi connectivity index (χ0) is 16.1. The number of hydrogen-bond acceptors (Lipinski definition) is 3. The largest absolute Gasteiger partial charge is 0.360 e. The Hall–Kier alpha value is -1.61. The van der Waals surface area contributed by atoms with Crippen LogP contribution in [0, 0.1) is 18.8 Å². The van der Waals surface area contributed by atoms with E-state index < -0.39 is 0 Å². The molecule has 0 spiro atoms. The predicted molar refractivity (Wildman–Crippen MR) is 90.6 cm³/mol. The highest BCUT2D eigenvalue weighted by atomic mass is 16.5. The zero-order valence-corrected chi connectivity index (χ0v) is 14.4. The van der Waals surface area contributed by atoms with Gasteiger partial charge in [0, 0.05) is 12.1 Å². The predicted octanol–water partition coefficient (Wildman–Crippen LogP) is 4.67. The van der Waals surface area contributed by atoms with Crippen LogP contribution in [0.5, 0.6) is 0 Å². The van der Waals surface area contributed by atoms with E-state index in [1.807, 2.05) is 13.0 Å². The van der Waals surface area contributed by atoms with Crippen molar-refractivity contribution >= 4 is 0 Å². The van der Waals surface area contributed by atoms with Crippen molar-refractivity contribution in [3.8, 4) is 0 Å². The van der Waals surface area contributed by atoms with Crippen molar-refractivity contribution in [3.05, 3.63) is 52.9 Å². The summed E-state index contributed by atoms with van der Waals surface area (Å²) in [4.78, 5) is 0. The van der Waals surface area contributed by atoms with Gasteiger partial charge in [0.1, 0.15) is 0 Å². The Bertz CT molecular complexity index is 569. The van der Waals surface area contributed by atoms with Gasteiger partial charge in [0.25, 0.3) is 0 Å². The first kappa shape index (κ1) is 16.8. The van der Waals surface area contributed by atoms with Crippen molar-refractivity contribution in [1.29, 1.82) is 0 Å². The Balaban J connectivity index is 2.03. The van der Waals surface area contributed by atoms with Crippen molar-refractivity contribution in [2.45, 2.75) is 53.6 Å². The smallest absolute Gasteiger partial charge is 0.150 e. The number of nitrogens with one attached hydrogen (secondary N) is 1. The molecule has 0 saturated carbocycles. The lowest BCUT2D eigenvalue weighted by Crippen LogP contribution is -2.25. The van der Waals surface area contributed by atoms with E-state index in [2.05, 4.69) is 62.4 Å². The Morgan fingerprint density at radius 3 is 2.27 bits per heavy atom. The van der Waals surface area contributed by atoms with E-state index in [-0.39, 0.29) is 0 Å². The molecule has 1 aromatic carbocycles. The molecule has 3 nitrogen and oxygen atoms in total. The second-order valence-electron chi connectivity index (χ2n) is 6.88. The van der Waals surface area contributed by atoms with Crippen molar-refractivity contribution in [1.82, 2.24) is 10.5 Å². The quantitative estimate of drug-likeness (QED) is 0.807. The standard InChI is InChI=1S/C19H28N2O/c1-13(2)10-16-6-8-17(9-7-16)19(14(3)4)20-12-18-11-15(5)21-22-18/h6-9,11,13-14,19-20H,10,12H2,1-5H3. The molecule has 1 atom stereocenters. The van der Waals surface area contributed by atoms with E-state index in [0.717, 1.165) is 17.9 Å². The van der Waals surface area contributed by atoms with Crippen LogP contribution in [0.4, 0.5) is 0 Å². The van der Waals surface area contributed by atoms with E-state index in [9.17, 15) is 0 Å². The van der Waals surface area contributed by atoms with Gasteiger partial charge in [0.05, 0.1) is 12.2 Å². The normalized spacial score (nSPS) is 13.0. The van der Waals surface area contributed by atoms with E-state index in [1.165, 1.54) is 11.1 Å². The summed E-state index contributed by atoms with van der Waals surface area (Å²) < 4.78 is 5.28. The SMILES string of the molecule is Cc1cc(CNC(c2ccc(CC(C)C)cc2)C(C)C)on1. The summed E-state index contributed by atoms with van der Waals surface area (Å²) in [6.07, 6.45) is 1.14. The van der Waals surface area contributed by atoms with Crippen LogP contribution in [0.1, 0.15) is 56.3 Å². The van der Waals surface area contributed by atoms with Crippen molar-refractivity contribution in [3.63, 3.8) is 0 Å². The summed E-state index contributed by atoms with van der Waals surface area (Å²) in [5.74, 6) is 2.10. The minimum absolute atomic E-state index is 0.318. The number of nitrogens with zero attached hydrogens (tertiary/aromatic N) is 1. The number of aromatic nitrogens is 1. The van der Waals surface area contributed by atoms with Crippen LogP contribution in [-0.2, 0) is 13.0 Å². The lowest BCUT2D eigenvalue weighted by Gasteiger charge is -2.23. The number of hydrogen-bond donors (Lipinski definition) is 1. The molecule has 1 unspecified atom stereocenters. The molecule has 22 heavy (non-hydrogen) atoms. The van der Waals surface area contributed by atoms with Gasteiger partial charge in [0.2, 0.25) is 0 Å². The fourth-order valence-electron chi connectivity index (χ4n) is 2.78. The maximum atomic E-state index is 5.28. The summed E-state index contributed by atoms with van der Waals surface area (Å²) in [6.45, 7) is 11.6. The van der Waals surface area contributed by atoms with Gasteiger partial charge in [0.15, 0.2) is 5.76 Å². The highest BCUT2D eigenvalue weighted by Crippen LogP contribution is 2.23. The van der Waals surface area contributed by atoms with E-state index in [4.69, 9.17) is 4.52 Å². The molecule has 120 valence electrons. The summed E-state index contributed by atoms with van der Waals surface area (Å²) in [5, 5.41) is 7.53. The molecular formula is C19H28N2O. The first-order chi connectivity index (χ1) is 10.5. The highest BCUT2D eigenvalue weighted by Gasteiger charge is 2.16. The highest BCUT2D eigenvalue weighted by molar-refractivity contribution is 5.26. The Morgan fingerprint density at radius 2 is 1.77 bits per heavy atom. The molecule has 1 N–H and O–H groups in total. The number of benzene rings is 1. The Kier molecular flexibility index (Phi) is 5.78. The van der Waals surface area contributed by atoms with Crippen LogP contribution in [0.3, 0.4) is 0 Å². The first-order valence-electron chi connectivity index (χ1n) is 8.20. The third-order valence-electron chi connectivity index (χ3n) is 3.82. The molecule has 0 amide bonds. The van der Waals surface area contributed by atoms with E-state index in [1.54, 1.807) is 0 Å². The lowest BCUT2D eigenvalue weighted by molar-refractivity contribution is 0.341. The third kappa shape index (κ3) is 4.70. The minimum atomic E-state index is 0.318. The lowest BCUT2D eigenvalue weighted by atomic mass is 9.93. The topological polar surface area (TPSA) is 38.1 Å². The molecule has 3 heteroatoms. The van der Waals surface area contributed by atoms with Gasteiger partial charge in [-0.05, 0) is 36.3 Å². The Labute approximate surface area is 134 Å². The van der Waals surface area contributed by atoms with E-state index in [0.29, 0.717) is 24.4 Å². The van der Waals surface area contributed by atoms with Crippen LogP contribution in [0.15, 0.2) is 34.9 Å². The van der Waals surface area contributed by atoms with Crippen LogP contribution in [0.2, 0.25) is 0 Å². The summed E-state index contributed by atoms with van der Waals surface area (Å²) in [5.41, 5.74) is 3.67. The van der Waals surface area contributed by atoms with Crippen molar-refractivity contribution < 1.29 is 4.52 Å². The van der Waals surface area contributed by atoms with Gasteiger partial charge < -0.3 is 9.84 Å². The molecular weight excluding hydrogens is 272 g/mol. The monoisotopic (exact) mass is 300 g/mol. The van der Waals surface area contributed by atoms with Gasteiger partial charge in [-0.3, -0.25) is 0 Å². The maximum absolute atomic E-state index is 5.28. The molecule has 2 rings (SSSR count). The second-order valence-corrected chi connectivity index (χ2v) is 6.88. The fraction of sp³-hybridized carbons (Fsp3) is 0.526. The molecule has 1 aromatic heterocycles. The van der Waals surface area contributed by atoms with Gasteiger partial charge >= 0.3 is 0 Å². The van der Waals surface area contributed by atoms with Crippen LogP contribution in [0.25, 0.3) is 0 Å². The van der Waals surface area contributed by atoms with Gasteiger partial charge in [-0.1, -0.05) is 57.1 Å². The Morgan fingerprint density at radius 1 is 1.09 bits per heavy atom. The molecule has 1 heterocycles. The van der Waals surface area contributed by atoms with Crippen LogP contribution in [-0.4, -0.2) is 5.16 Å². The van der Waals surface area contributed by atoms with Gasteiger partial charge in [-0.25, -0.2) is 0 Å². The van der Waals surface area contributed by atoms with Crippen LogP contribution < -0.4 is 5.32 Å². The molecule has 0 aliphatic rings.